The van der Waals surface area contributed by atoms with Gasteiger partial charge in [0.25, 0.3) is 0 Å². The average molecular weight is 274 g/mol. The van der Waals surface area contributed by atoms with Crippen molar-refractivity contribution in [1.82, 2.24) is 10.6 Å². The third-order valence-electron chi connectivity index (χ3n) is 2.76. The lowest BCUT2D eigenvalue weighted by atomic mass is 10.00. The van der Waals surface area contributed by atoms with Crippen LogP contribution in [-0.2, 0) is 0 Å². The predicted octanol–water partition coefficient (Wildman–Crippen LogP) is 2.52. The summed E-state index contributed by atoms with van der Waals surface area (Å²) in [6, 6.07) is 3.41. The Morgan fingerprint density at radius 1 is 1.59 bits per heavy atom. The molecule has 1 aliphatic rings. The molecule has 6 heteroatoms. The highest BCUT2D eigenvalue weighted by Gasteiger charge is 2.13. The van der Waals surface area contributed by atoms with Crippen molar-refractivity contribution in [3.63, 3.8) is 0 Å². The van der Waals surface area contributed by atoms with E-state index in [0.717, 1.165) is 24.6 Å². The zero-order valence-corrected chi connectivity index (χ0v) is 11.0. The van der Waals surface area contributed by atoms with Crippen molar-refractivity contribution in [2.75, 3.05) is 25.0 Å². The zero-order valence-electron chi connectivity index (χ0n) is 9.46. The Balaban J connectivity index is 1.70. The SMILES string of the molecule is O=C(NCC1CCCNC1)Nc1ccc(Cl)s1. The van der Waals surface area contributed by atoms with Crippen LogP contribution in [0.25, 0.3) is 0 Å². The zero-order chi connectivity index (χ0) is 12.1. The summed E-state index contributed by atoms with van der Waals surface area (Å²) in [4.78, 5) is 11.6. The lowest BCUT2D eigenvalue weighted by Crippen LogP contribution is -2.39. The van der Waals surface area contributed by atoms with Gasteiger partial charge in [-0.1, -0.05) is 11.6 Å². The number of hydrogen-bond donors (Lipinski definition) is 3. The number of anilines is 1. The van der Waals surface area contributed by atoms with E-state index in [9.17, 15) is 4.79 Å². The molecule has 1 aromatic heterocycles. The summed E-state index contributed by atoms with van der Waals surface area (Å²) in [7, 11) is 0. The lowest BCUT2D eigenvalue weighted by Gasteiger charge is -2.22. The molecule has 1 unspecified atom stereocenters. The first kappa shape index (κ1) is 12.7. The van der Waals surface area contributed by atoms with Crippen molar-refractivity contribution in [3.05, 3.63) is 16.5 Å². The maximum absolute atomic E-state index is 11.6. The molecule has 4 nitrogen and oxygen atoms in total. The highest BCUT2D eigenvalue weighted by atomic mass is 35.5. The summed E-state index contributed by atoms with van der Waals surface area (Å²) in [6.07, 6.45) is 2.37. The Kier molecular flexibility index (Phi) is 4.65. The number of piperidine rings is 1. The predicted molar refractivity (Wildman–Crippen MR) is 71.9 cm³/mol. The van der Waals surface area contributed by atoms with Crippen molar-refractivity contribution in [2.45, 2.75) is 12.8 Å². The topological polar surface area (TPSA) is 53.2 Å². The van der Waals surface area contributed by atoms with Crippen LogP contribution in [0.1, 0.15) is 12.8 Å². The first-order chi connectivity index (χ1) is 8.24. The van der Waals surface area contributed by atoms with Gasteiger partial charge in [0, 0.05) is 6.54 Å². The van der Waals surface area contributed by atoms with Crippen molar-refractivity contribution < 1.29 is 4.79 Å². The highest BCUT2D eigenvalue weighted by Crippen LogP contribution is 2.25. The standard InChI is InChI=1S/C11H16ClN3OS/c12-9-3-4-10(17-9)15-11(16)14-7-8-2-1-5-13-6-8/h3-4,8,13H,1-2,5-7H2,(H2,14,15,16). The van der Waals surface area contributed by atoms with E-state index in [1.54, 1.807) is 12.1 Å². The highest BCUT2D eigenvalue weighted by molar-refractivity contribution is 7.20. The summed E-state index contributed by atoms with van der Waals surface area (Å²) >= 11 is 7.14. The third-order valence-corrected chi connectivity index (χ3v) is 3.91. The van der Waals surface area contributed by atoms with Crippen molar-refractivity contribution >= 4 is 34.0 Å². The number of carbonyl (C=O) groups excluding carboxylic acids is 1. The molecule has 1 saturated heterocycles. The molecule has 1 fully saturated rings. The van der Waals surface area contributed by atoms with Gasteiger partial charge in [-0.05, 0) is 44.0 Å². The minimum Gasteiger partial charge on any atom is -0.338 e. The maximum Gasteiger partial charge on any atom is 0.319 e. The molecule has 2 rings (SSSR count). The molecule has 0 aliphatic carbocycles. The molecular formula is C11H16ClN3OS. The van der Waals surface area contributed by atoms with E-state index >= 15 is 0 Å². The number of carbonyl (C=O) groups is 1. The van der Waals surface area contributed by atoms with E-state index in [4.69, 9.17) is 11.6 Å². The molecule has 2 heterocycles. The quantitative estimate of drug-likeness (QED) is 0.793. The second-order valence-electron chi connectivity index (χ2n) is 4.15. The molecule has 0 bridgehead atoms. The molecule has 3 N–H and O–H groups in total. The van der Waals surface area contributed by atoms with Crippen LogP contribution in [-0.4, -0.2) is 25.7 Å². The first-order valence-electron chi connectivity index (χ1n) is 5.75. The van der Waals surface area contributed by atoms with Crippen molar-refractivity contribution in [2.24, 2.45) is 5.92 Å². The Labute approximate surface area is 110 Å². The molecule has 2 amide bonds. The van der Waals surface area contributed by atoms with E-state index < -0.39 is 0 Å². The Morgan fingerprint density at radius 3 is 3.12 bits per heavy atom. The second-order valence-corrected chi connectivity index (χ2v) is 5.87. The number of nitrogens with one attached hydrogen (secondary N) is 3. The number of amides is 2. The maximum atomic E-state index is 11.6. The smallest absolute Gasteiger partial charge is 0.319 e. The van der Waals surface area contributed by atoms with Crippen LogP contribution in [0.4, 0.5) is 9.80 Å². The molecule has 94 valence electrons. The minimum atomic E-state index is -0.158. The van der Waals surface area contributed by atoms with Gasteiger partial charge in [0.1, 0.15) is 0 Å². The lowest BCUT2D eigenvalue weighted by molar-refractivity contribution is 0.248. The molecule has 0 radical (unpaired) electrons. The van der Waals surface area contributed by atoms with Gasteiger partial charge in [0.2, 0.25) is 0 Å². The van der Waals surface area contributed by atoms with Gasteiger partial charge in [-0.25, -0.2) is 4.79 Å². The van der Waals surface area contributed by atoms with Crippen LogP contribution in [0.15, 0.2) is 12.1 Å². The monoisotopic (exact) mass is 273 g/mol. The van der Waals surface area contributed by atoms with Crippen molar-refractivity contribution in [1.29, 1.82) is 0 Å². The van der Waals surface area contributed by atoms with Crippen molar-refractivity contribution in [3.8, 4) is 0 Å². The van der Waals surface area contributed by atoms with Crippen LogP contribution in [0.3, 0.4) is 0 Å². The van der Waals surface area contributed by atoms with E-state index in [1.165, 1.54) is 24.2 Å². The van der Waals surface area contributed by atoms with E-state index in [0.29, 0.717) is 10.3 Å². The molecule has 1 aromatic rings. The van der Waals surface area contributed by atoms with Gasteiger partial charge < -0.3 is 10.6 Å². The van der Waals surface area contributed by atoms with E-state index in [2.05, 4.69) is 16.0 Å². The van der Waals surface area contributed by atoms with Gasteiger partial charge in [0.05, 0.1) is 9.34 Å². The Morgan fingerprint density at radius 2 is 2.47 bits per heavy atom. The molecule has 0 saturated carbocycles. The number of halogens is 1. The van der Waals surface area contributed by atoms with Crippen LogP contribution in [0.2, 0.25) is 4.34 Å². The summed E-state index contributed by atoms with van der Waals surface area (Å²) in [5.41, 5.74) is 0. The number of rotatable bonds is 3. The van der Waals surface area contributed by atoms with Crippen LogP contribution < -0.4 is 16.0 Å². The van der Waals surface area contributed by atoms with E-state index in [-0.39, 0.29) is 6.03 Å². The fourth-order valence-electron chi connectivity index (χ4n) is 1.87. The molecule has 0 spiro atoms. The molecular weight excluding hydrogens is 258 g/mol. The largest absolute Gasteiger partial charge is 0.338 e. The summed E-state index contributed by atoms with van der Waals surface area (Å²) in [5.74, 6) is 0.543. The summed E-state index contributed by atoms with van der Waals surface area (Å²) in [6.45, 7) is 2.81. The fraction of sp³-hybridized carbons (Fsp3) is 0.545. The average Bonchev–Trinajstić information content (AvgIpc) is 2.73. The fourth-order valence-corrected chi connectivity index (χ4v) is 2.81. The number of thiophene rings is 1. The minimum absolute atomic E-state index is 0.158. The number of urea groups is 1. The molecule has 17 heavy (non-hydrogen) atoms. The molecule has 1 atom stereocenters. The number of hydrogen-bond acceptors (Lipinski definition) is 3. The van der Waals surface area contributed by atoms with Gasteiger partial charge >= 0.3 is 6.03 Å². The second kappa shape index (κ2) is 6.23. The first-order valence-corrected chi connectivity index (χ1v) is 6.94. The van der Waals surface area contributed by atoms with Crippen LogP contribution in [0.5, 0.6) is 0 Å². The van der Waals surface area contributed by atoms with Gasteiger partial charge in [-0.15, -0.1) is 11.3 Å². The van der Waals surface area contributed by atoms with Gasteiger partial charge in [-0.3, -0.25) is 5.32 Å². The molecule has 1 aliphatic heterocycles. The summed E-state index contributed by atoms with van der Waals surface area (Å²) < 4.78 is 0.678. The van der Waals surface area contributed by atoms with Gasteiger partial charge in [-0.2, -0.15) is 0 Å². The molecule has 0 aromatic carbocycles. The van der Waals surface area contributed by atoms with Crippen LogP contribution >= 0.6 is 22.9 Å². The van der Waals surface area contributed by atoms with E-state index in [1.807, 2.05) is 0 Å². The third kappa shape index (κ3) is 4.18. The summed E-state index contributed by atoms with van der Waals surface area (Å²) in [5, 5.41) is 9.75. The Hall–Kier alpha value is -0.780. The Bertz CT molecular complexity index is 377. The van der Waals surface area contributed by atoms with Crippen LogP contribution in [0, 0.1) is 5.92 Å². The normalized spacial score (nSPS) is 19.9. The van der Waals surface area contributed by atoms with Gasteiger partial charge in [0.15, 0.2) is 0 Å².